The van der Waals surface area contributed by atoms with Crippen LogP contribution in [0.5, 0.6) is 0 Å². The first kappa shape index (κ1) is 27.3. The van der Waals surface area contributed by atoms with Crippen LogP contribution in [0.3, 0.4) is 0 Å². The summed E-state index contributed by atoms with van der Waals surface area (Å²) in [7, 11) is 1.71. The number of hydrazine groups is 1. The zero-order chi connectivity index (χ0) is 26.4. The van der Waals surface area contributed by atoms with Crippen molar-refractivity contribution < 1.29 is 19.1 Å². The number of hydrogen-bond donors (Lipinski definition) is 3. The van der Waals surface area contributed by atoms with Gasteiger partial charge in [0.05, 0.1) is 17.3 Å². The van der Waals surface area contributed by atoms with Gasteiger partial charge in [-0.2, -0.15) is 0 Å². The Kier molecular flexibility index (Phi) is 9.17. The molecule has 1 aromatic heterocycles. The van der Waals surface area contributed by atoms with Crippen LogP contribution in [0.4, 0.5) is 0 Å². The number of hydrogen-bond acceptors (Lipinski definition) is 7. The predicted molar refractivity (Wildman–Crippen MR) is 140 cm³/mol. The van der Waals surface area contributed by atoms with Crippen molar-refractivity contribution in [1.29, 1.82) is 0 Å². The lowest BCUT2D eigenvalue weighted by molar-refractivity contribution is -0.157. The Balaban J connectivity index is 1.60. The summed E-state index contributed by atoms with van der Waals surface area (Å²) >= 11 is 0. The Morgan fingerprint density at radius 1 is 1.19 bits per heavy atom. The molecule has 0 aliphatic carbocycles. The molecule has 1 aliphatic heterocycles. The molecular weight excluding hydrogens is 458 g/mol. The van der Waals surface area contributed by atoms with Gasteiger partial charge in [0.1, 0.15) is 18.2 Å². The van der Waals surface area contributed by atoms with Crippen LogP contribution in [-0.4, -0.2) is 59.5 Å². The van der Waals surface area contributed by atoms with Crippen LogP contribution in [0.15, 0.2) is 36.9 Å². The fraction of sp³-hybridized carbons (Fsp3) is 0.481. The molecule has 9 heteroatoms. The lowest BCUT2D eigenvalue weighted by Crippen LogP contribution is -2.60. The van der Waals surface area contributed by atoms with Gasteiger partial charge in [-0.15, -0.1) is 0 Å². The van der Waals surface area contributed by atoms with Crippen LogP contribution in [-0.2, 0) is 19.1 Å². The van der Waals surface area contributed by atoms with E-state index in [2.05, 4.69) is 27.6 Å². The highest BCUT2D eigenvalue weighted by Crippen LogP contribution is 2.22. The van der Waals surface area contributed by atoms with Gasteiger partial charge in [-0.1, -0.05) is 44.7 Å². The number of amides is 2. The molecule has 0 unspecified atom stereocenters. The number of ether oxygens (including phenoxy) is 1. The fourth-order valence-corrected chi connectivity index (χ4v) is 4.30. The highest BCUT2D eigenvalue weighted by Gasteiger charge is 2.33. The number of rotatable bonds is 9. The fourth-order valence-electron chi connectivity index (χ4n) is 4.30. The summed E-state index contributed by atoms with van der Waals surface area (Å²) in [6.45, 7) is 11.5. The average Bonchev–Trinajstić information content (AvgIpc) is 2.87. The van der Waals surface area contributed by atoms with Gasteiger partial charge in [0.2, 0.25) is 5.91 Å². The Labute approximate surface area is 212 Å². The van der Waals surface area contributed by atoms with E-state index in [-0.39, 0.29) is 17.7 Å². The van der Waals surface area contributed by atoms with Gasteiger partial charge < -0.3 is 15.4 Å². The number of nitrogens with one attached hydrogen (secondary N) is 3. The zero-order valence-corrected chi connectivity index (χ0v) is 21.7. The summed E-state index contributed by atoms with van der Waals surface area (Å²) in [6, 6.07) is 7.87. The van der Waals surface area contributed by atoms with Crippen LogP contribution in [0.1, 0.15) is 57.9 Å². The molecule has 0 spiro atoms. The summed E-state index contributed by atoms with van der Waals surface area (Å²) in [4.78, 5) is 43.0. The summed E-state index contributed by atoms with van der Waals surface area (Å²) < 4.78 is 5.71. The van der Waals surface area contributed by atoms with E-state index in [1.54, 1.807) is 27.0 Å². The largest absolute Gasteiger partial charge is 0.455 e. The van der Waals surface area contributed by atoms with E-state index >= 15 is 0 Å². The molecule has 0 bridgehead atoms. The molecule has 3 rings (SSSR count). The number of likely N-dealkylation sites (N-methyl/N-ethyl adjacent to an activating group) is 1. The minimum absolute atomic E-state index is 0.0766. The van der Waals surface area contributed by atoms with E-state index < -0.39 is 30.2 Å². The van der Waals surface area contributed by atoms with Crippen molar-refractivity contribution in [3.63, 3.8) is 0 Å². The third kappa shape index (κ3) is 6.47. The van der Waals surface area contributed by atoms with Crippen molar-refractivity contribution in [2.24, 2.45) is 5.92 Å². The van der Waals surface area contributed by atoms with Crippen molar-refractivity contribution >= 4 is 34.8 Å². The number of carbonyl (C=O) groups excluding carboxylic acids is 3. The van der Waals surface area contributed by atoms with E-state index in [1.165, 1.54) is 5.01 Å². The van der Waals surface area contributed by atoms with Gasteiger partial charge in [-0.3, -0.25) is 19.4 Å². The third-order valence-electron chi connectivity index (χ3n) is 6.41. The maximum Gasteiger partial charge on any atom is 0.325 e. The monoisotopic (exact) mass is 495 g/mol. The van der Waals surface area contributed by atoms with E-state index in [0.717, 1.165) is 16.5 Å². The first-order valence-corrected chi connectivity index (χ1v) is 12.4. The number of aromatic nitrogens is 1. The van der Waals surface area contributed by atoms with Crippen molar-refractivity contribution in [2.75, 3.05) is 13.6 Å². The molecule has 4 atom stereocenters. The van der Waals surface area contributed by atoms with Crippen molar-refractivity contribution in [2.45, 2.75) is 64.8 Å². The maximum absolute atomic E-state index is 13.0. The maximum atomic E-state index is 13.0. The lowest BCUT2D eigenvalue weighted by Gasteiger charge is -2.35. The predicted octanol–water partition coefficient (Wildman–Crippen LogP) is 2.73. The number of pyridine rings is 1. The molecule has 9 nitrogen and oxygen atoms in total. The molecule has 2 heterocycles. The molecule has 36 heavy (non-hydrogen) atoms. The lowest BCUT2D eigenvalue weighted by atomic mass is 10.0. The van der Waals surface area contributed by atoms with Crippen LogP contribution in [0.2, 0.25) is 0 Å². The quantitative estimate of drug-likeness (QED) is 0.459. The van der Waals surface area contributed by atoms with Gasteiger partial charge in [0.25, 0.3) is 5.91 Å². The first-order valence-electron chi connectivity index (χ1n) is 12.4. The third-order valence-corrected chi connectivity index (χ3v) is 6.41. The Morgan fingerprint density at radius 3 is 2.58 bits per heavy atom. The molecule has 1 saturated heterocycles. The van der Waals surface area contributed by atoms with Gasteiger partial charge >= 0.3 is 5.97 Å². The van der Waals surface area contributed by atoms with Crippen LogP contribution >= 0.6 is 0 Å². The van der Waals surface area contributed by atoms with Gasteiger partial charge in [-0.05, 0) is 57.4 Å². The number of fused-ring (bicyclic) bond motifs is 1. The number of nitrogens with zero attached hydrogens (tertiary/aromatic N) is 2. The van der Waals surface area contributed by atoms with Crippen molar-refractivity contribution in [3.8, 4) is 0 Å². The minimum atomic E-state index is -0.740. The zero-order valence-electron chi connectivity index (χ0n) is 21.7. The van der Waals surface area contributed by atoms with Gasteiger partial charge in [-0.25, -0.2) is 10.4 Å². The van der Waals surface area contributed by atoms with Crippen LogP contribution in [0.25, 0.3) is 17.0 Å². The van der Waals surface area contributed by atoms with E-state index in [0.29, 0.717) is 25.1 Å². The molecule has 0 saturated carbocycles. The average molecular weight is 496 g/mol. The molecule has 2 aromatic rings. The molecular formula is C27H37N5O4. The normalized spacial score (nSPS) is 18.4. The summed E-state index contributed by atoms with van der Waals surface area (Å²) in [5.74, 6) is -0.916. The molecule has 194 valence electrons. The van der Waals surface area contributed by atoms with Gasteiger partial charge in [0, 0.05) is 11.9 Å². The summed E-state index contributed by atoms with van der Waals surface area (Å²) in [5.41, 5.74) is 5.39. The second-order valence-electron chi connectivity index (χ2n) is 9.53. The molecule has 1 fully saturated rings. The smallest absolute Gasteiger partial charge is 0.325 e. The van der Waals surface area contributed by atoms with Crippen molar-refractivity contribution in [3.05, 3.63) is 48.2 Å². The Morgan fingerprint density at radius 2 is 1.92 bits per heavy atom. The second kappa shape index (κ2) is 12.1. The minimum Gasteiger partial charge on any atom is -0.455 e. The highest BCUT2D eigenvalue weighted by atomic mass is 16.5. The molecule has 2 amide bonds. The summed E-state index contributed by atoms with van der Waals surface area (Å²) in [5, 5.41) is 8.13. The van der Waals surface area contributed by atoms with Crippen LogP contribution in [0, 0.1) is 5.92 Å². The number of benzene rings is 1. The molecule has 3 N–H and O–H groups in total. The second-order valence-corrected chi connectivity index (χ2v) is 9.53. The molecule has 1 aliphatic rings. The molecule has 0 radical (unpaired) electrons. The van der Waals surface area contributed by atoms with E-state index in [9.17, 15) is 14.4 Å². The Hall–Kier alpha value is -3.30. The number of carbonyl (C=O) groups is 3. The number of esters is 1. The first-order chi connectivity index (χ1) is 17.1. The van der Waals surface area contributed by atoms with Gasteiger partial charge in [0.15, 0.2) is 0 Å². The van der Waals surface area contributed by atoms with Crippen molar-refractivity contribution in [1.82, 2.24) is 26.1 Å². The topological polar surface area (TPSA) is 113 Å². The standard InChI is InChI=1S/C27H37N5O4/c1-7-19-10-11-20-12-13-21(30-23(20)15-19)18(5)36-27(35)22-9-8-14-32(31-22)26(34)17(4)29-25(33)24(28-6)16(2)3/h7,10-13,15-18,22,24,28,31H,1,8-9,14H2,2-6H3,(H,29,33)/t17-,18+,22-,24-/m0/s1. The van der Waals surface area contributed by atoms with E-state index in [4.69, 9.17) is 4.74 Å². The SMILES string of the molecule is C=Cc1ccc2ccc([C@@H](C)OC(=O)[C@@H]3CCCN(C(=O)[C@H](C)NC(=O)[C@@H](NC)C(C)C)N3)nc2c1. The molecule has 1 aromatic carbocycles. The Bertz CT molecular complexity index is 1120. The van der Waals surface area contributed by atoms with Crippen LogP contribution < -0.4 is 16.1 Å². The highest BCUT2D eigenvalue weighted by molar-refractivity contribution is 5.90. The summed E-state index contributed by atoms with van der Waals surface area (Å²) in [6.07, 6.45) is 2.38. The van der Waals surface area contributed by atoms with E-state index in [1.807, 2.05) is 44.2 Å².